The molecule has 168 valence electrons. The number of nitrogens with one attached hydrogen (secondary N) is 2. The first kappa shape index (κ1) is 22.7. The van der Waals surface area contributed by atoms with Gasteiger partial charge in [-0.05, 0) is 43.4 Å². The summed E-state index contributed by atoms with van der Waals surface area (Å²) in [4.78, 5) is 28.5. The molecule has 0 unspecified atom stereocenters. The summed E-state index contributed by atoms with van der Waals surface area (Å²) in [6.07, 6.45) is 3.81. The smallest absolute Gasteiger partial charge is 0.186 e. The Morgan fingerprint density at radius 3 is 2.39 bits per heavy atom. The molecule has 0 aliphatic heterocycles. The second kappa shape index (κ2) is 10.4. The van der Waals surface area contributed by atoms with Crippen molar-refractivity contribution in [2.75, 3.05) is 6.54 Å². The van der Waals surface area contributed by atoms with Crippen LogP contribution >= 0.6 is 0 Å². The quantitative estimate of drug-likeness (QED) is 0.310. The average molecular weight is 439 g/mol. The van der Waals surface area contributed by atoms with Crippen LogP contribution in [0.25, 0.3) is 10.9 Å². The predicted molar refractivity (Wildman–Crippen MR) is 134 cm³/mol. The van der Waals surface area contributed by atoms with Crippen LogP contribution in [0, 0.1) is 6.92 Å². The summed E-state index contributed by atoms with van der Waals surface area (Å²) in [5, 5.41) is 4.40. The van der Waals surface area contributed by atoms with Gasteiger partial charge in [0.05, 0.1) is 6.04 Å². The highest BCUT2D eigenvalue weighted by Gasteiger charge is 2.24. The molecule has 0 amide bonds. The summed E-state index contributed by atoms with van der Waals surface area (Å²) in [7, 11) is 0. The monoisotopic (exact) mass is 438 g/mol. The van der Waals surface area contributed by atoms with E-state index in [1.54, 1.807) is 6.92 Å². The molecule has 0 spiro atoms. The van der Waals surface area contributed by atoms with E-state index in [0.29, 0.717) is 24.9 Å². The van der Waals surface area contributed by atoms with Gasteiger partial charge in [0.25, 0.3) is 0 Å². The van der Waals surface area contributed by atoms with Crippen molar-refractivity contribution in [3.05, 3.63) is 107 Å². The lowest BCUT2D eigenvalue weighted by molar-refractivity contribution is -0.116. The molecule has 4 rings (SSSR count). The Balaban J connectivity index is 1.58. The number of Topliss-reactive ketones (excluding diaryl/α,β-unsaturated/α-hetero) is 2. The molecule has 1 aromatic heterocycles. The SMILES string of the molecule is CC(=O)CCc1cccc2c(C(=O)[C@H](NCCc3ccc(C)cc3)c3ccccc3)c[nH]c12. The third-order valence-electron chi connectivity index (χ3n) is 6.09. The highest BCUT2D eigenvalue weighted by Crippen LogP contribution is 2.27. The second-order valence-corrected chi connectivity index (χ2v) is 8.64. The summed E-state index contributed by atoms with van der Waals surface area (Å²) in [6, 6.07) is 23.9. The van der Waals surface area contributed by atoms with Crippen LogP contribution in [0.15, 0.2) is 79.0 Å². The summed E-state index contributed by atoms with van der Waals surface area (Å²) in [5.74, 6) is 0.205. The Morgan fingerprint density at radius 2 is 1.67 bits per heavy atom. The van der Waals surface area contributed by atoms with Gasteiger partial charge in [0.1, 0.15) is 5.78 Å². The zero-order chi connectivity index (χ0) is 23.2. The van der Waals surface area contributed by atoms with Gasteiger partial charge in [0, 0.05) is 35.6 Å². The van der Waals surface area contributed by atoms with Gasteiger partial charge in [-0.2, -0.15) is 0 Å². The molecular weight excluding hydrogens is 408 g/mol. The van der Waals surface area contributed by atoms with Crippen molar-refractivity contribution in [1.29, 1.82) is 0 Å². The van der Waals surface area contributed by atoms with Gasteiger partial charge >= 0.3 is 0 Å². The van der Waals surface area contributed by atoms with Gasteiger partial charge in [0.15, 0.2) is 5.78 Å². The second-order valence-electron chi connectivity index (χ2n) is 8.64. The number of fused-ring (bicyclic) bond motifs is 1. The van der Waals surface area contributed by atoms with E-state index in [2.05, 4.69) is 41.5 Å². The molecular formula is C29H30N2O2. The van der Waals surface area contributed by atoms with Crippen molar-refractivity contribution in [2.24, 2.45) is 0 Å². The highest BCUT2D eigenvalue weighted by molar-refractivity contribution is 6.11. The predicted octanol–water partition coefficient (Wildman–Crippen LogP) is 5.75. The maximum Gasteiger partial charge on any atom is 0.186 e. The van der Waals surface area contributed by atoms with E-state index >= 15 is 0 Å². The molecule has 1 heterocycles. The maximum absolute atomic E-state index is 13.7. The zero-order valence-corrected chi connectivity index (χ0v) is 19.2. The third kappa shape index (κ3) is 5.47. The van der Waals surface area contributed by atoms with Crippen LogP contribution in [0.5, 0.6) is 0 Å². The molecule has 0 bridgehead atoms. The van der Waals surface area contributed by atoms with Gasteiger partial charge in [-0.15, -0.1) is 0 Å². The number of ketones is 2. The minimum atomic E-state index is -0.434. The first-order valence-corrected chi connectivity index (χ1v) is 11.5. The van der Waals surface area contributed by atoms with Crippen LogP contribution in [0.4, 0.5) is 0 Å². The number of aryl methyl sites for hydroxylation is 2. The van der Waals surface area contributed by atoms with E-state index in [1.807, 2.05) is 54.7 Å². The number of H-pyrrole nitrogens is 1. The Bertz CT molecular complexity index is 1240. The van der Waals surface area contributed by atoms with Gasteiger partial charge in [-0.25, -0.2) is 0 Å². The van der Waals surface area contributed by atoms with Crippen molar-refractivity contribution in [3.8, 4) is 0 Å². The molecule has 0 saturated carbocycles. The van der Waals surface area contributed by atoms with Crippen LogP contribution in [-0.2, 0) is 17.6 Å². The van der Waals surface area contributed by atoms with E-state index in [0.717, 1.165) is 28.5 Å². The standard InChI is InChI=1S/C29H30N2O2/c1-20-11-14-22(15-12-20)17-18-30-28(23-7-4-3-5-8-23)29(33)26-19-31-27-24(16-13-21(2)32)9-6-10-25(26)27/h3-12,14-15,19,28,30-31H,13,16-18H2,1-2H3/t28-/m1/s1. The molecule has 3 aromatic carbocycles. The number of para-hydroxylation sites is 1. The molecule has 0 aliphatic carbocycles. The minimum Gasteiger partial charge on any atom is -0.360 e. The van der Waals surface area contributed by atoms with Crippen molar-refractivity contribution in [2.45, 2.75) is 39.2 Å². The fourth-order valence-corrected chi connectivity index (χ4v) is 4.22. The normalized spacial score (nSPS) is 12.1. The molecule has 0 fully saturated rings. The molecule has 4 aromatic rings. The molecule has 1 atom stereocenters. The molecule has 0 aliphatic rings. The summed E-state index contributed by atoms with van der Waals surface area (Å²) in [5.41, 5.74) is 6.11. The number of hydrogen-bond acceptors (Lipinski definition) is 3. The Labute approximate surface area is 195 Å². The Kier molecular flexibility index (Phi) is 7.16. The molecule has 4 heteroatoms. The first-order valence-electron chi connectivity index (χ1n) is 11.5. The lowest BCUT2D eigenvalue weighted by Crippen LogP contribution is -2.30. The van der Waals surface area contributed by atoms with E-state index < -0.39 is 6.04 Å². The van der Waals surface area contributed by atoms with E-state index in [-0.39, 0.29) is 11.6 Å². The van der Waals surface area contributed by atoms with Crippen LogP contribution < -0.4 is 5.32 Å². The van der Waals surface area contributed by atoms with Gasteiger partial charge < -0.3 is 15.1 Å². The fourth-order valence-electron chi connectivity index (χ4n) is 4.22. The van der Waals surface area contributed by atoms with Crippen LogP contribution in [0.2, 0.25) is 0 Å². The van der Waals surface area contributed by atoms with Crippen molar-refractivity contribution < 1.29 is 9.59 Å². The Morgan fingerprint density at radius 1 is 0.909 bits per heavy atom. The summed E-state index contributed by atoms with van der Waals surface area (Å²) >= 11 is 0. The lowest BCUT2D eigenvalue weighted by Gasteiger charge is -2.18. The van der Waals surface area contributed by atoms with Crippen molar-refractivity contribution >= 4 is 22.5 Å². The molecule has 0 radical (unpaired) electrons. The lowest BCUT2D eigenvalue weighted by atomic mass is 9.95. The van der Waals surface area contributed by atoms with E-state index in [1.165, 1.54) is 11.1 Å². The van der Waals surface area contributed by atoms with Crippen LogP contribution in [0.3, 0.4) is 0 Å². The van der Waals surface area contributed by atoms with Crippen molar-refractivity contribution in [3.63, 3.8) is 0 Å². The van der Waals surface area contributed by atoms with E-state index in [4.69, 9.17) is 0 Å². The number of aromatic nitrogens is 1. The fraction of sp³-hybridized carbons (Fsp3) is 0.241. The number of aromatic amines is 1. The number of benzene rings is 3. The zero-order valence-electron chi connectivity index (χ0n) is 19.2. The summed E-state index contributed by atoms with van der Waals surface area (Å²) < 4.78 is 0. The topological polar surface area (TPSA) is 62.0 Å². The van der Waals surface area contributed by atoms with Gasteiger partial charge in [-0.1, -0.05) is 78.4 Å². The molecule has 2 N–H and O–H groups in total. The number of carbonyl (C=O) groups excluding carboxylic acids is 2. The molecule has 0 saturated heterocycles. The van der Waals surface area contributed by atoms with Gasteiger partial charge in [-0.3, -0.25) is 4.79 Å². The number of hydrogen-bond donors (Lipinski definition) is 2. The largest absolute Gasteiger partial charge is 0.360 e. The highest BCUT2D eigenvalue weighted by atomic mass is 16.1. The first-order chi connectivity index (χ1) is 16.0. The molecule has 4 nitrogen and oxygen atoms in total. The van der Waals surface area contributed by atoms with Crippen molar-refractivity contribution in [1.82, 2.24) is 10.3 Å². The van der Waals surface area contributed by atoms with E-state index in [9.17, 15) is 9.59 Å². The maximum atomic E-state index is 13.7. The number of carbonyl (C=O) groups is 2. The Hall–Kier alpha value is -3.50. The minimum absolute atomic E-state index is 0.0417. The van der Waals surface area contributed by atoms with Crippen LogP contribution in [-0.4, -0.2) is 23.1 Å². The van der Waals surface area contributed by atoms with Crippen LogP contribution in [0.1, 0.15) is 52.0 Å². The van der Waals surface area contributed by atoms with Gasteiger partial charge in [0.2, 0.25) is 0 Å². The third-order valence-corrected chi connectivity index (χ3v) is 6.09. The molecule has 33 heavy (non-hydrogen) atoms. The average Bonchev–Trinajstić information content (AvgIpc) is 3.27. The summed E-state index contributed by atoms with van der Waals surface area (Å²) in [6.45, 7) is 4.38. The number of rotatable bonds is 10.